The van der Waals surface area contributed by atoms with Crippen molar-refractivity contribution in [2.45, 2.75) is 25.8 Å². The average Bonchev–Trinajstić information content (AvgIpc) is 2.34. The van der Waals surface area contributed by atoms with Gasteiger partial charge in [0.25, 0.3) is 0 Å². The van der Waals surface area contributed by atoms with Crippen molar-refractivity contribution in [1.82, 2.24) is 5.32 Å². The van der Waals surface area contributed by atoms with Crippen LogP contribution in [0.2, 0.25) is 0 Å². The first-order chi connectivity index (χ1) is 8.27. The van der Waals surface area contributed by atoms with Gasteiger partial charge in [0.2, 0.25) is 0 Å². The maximum absolute atomic E-state index is 13.1. The van der Waals surface area contributed by atoms with Gasteiger partial charge in [0, 0.05) is 6.04 Å². The lowest BCUT2D eigenvalue weighted by Gasteiger charge is -2.17. The Bertz CT molecular complexity index is 325. The number of benzene rings is 1. The first kappa shape index (κ1) is 14.4. The second kappa shape index (κ2) is 8.47. The summed E-state index contributed by atoms with van der Waals surface area (Å²) < 4.78 is 26.2. The van der Waals surface area contributed by atoms with Crippen molar-refractivity contribution in [2.75, 3.05) is 13.2 Å². The van der Waals surface area contributed by atoms with E-state index in [-0.39, 0.29) is 11.9 Å². The molecule has 1 aromatic rings. The molecular weight excluding hydrogens is 241 g/mol. The Morgan fingerprint density at radius 3 is 3.00 bits per heavy atom. The lowest BCUT2D eigenvalue weighted by molar-refractivity contribution is 0.328. The Hall–Kier alpha value is -0.620. The van der Waals surface area contributed by atoms with Gasteiger partial charge in [0.1, 0.15) is 5.82 Å². The highest BCUT2D eigenvalue weighted by Gasteiger charge is 2.08. The fourth-order valence-electron chi connectivity index (χ4n) is 1.67. The van der Waals surface area contributed by atoms with Crippen molar-refractivity contribution >= 4 is 12.3 Å². The molecule has 1 atom stereocenters. The minimum atomic E-state index is -0.206. The van der Waals surface area contributed by atoms with Crippen molar-refractivity contribution < 1.29 is 13.1 Å². The molecule has 0 aliphatic heterocycles. The maximum atomic E-state index is 13.1. The molecule has 0 saturated carbocycles. The van der Waals surface area contributed by atoms with Crippen LogP contribution in [-0.2, 0) is 4.18 Å². The molecule has 0 bridgehead atoms. The average molecular weight is 259 g/mol. The predicted molar refractivity (Wildman–Crippen MR) is 68.2 cm³/mol. The van der Waals surface area contributed by atoms with Crippen molar-refractivity contribution in [2.24, 2.45) is 0 Å². The zero-order valence-corrected chi connectivity index (χ0v) is 10.7. The first-order valence-electron chi connectivity index (χ1n) is 5.69. The summed E-state index contributed by atoms with van der Waals surface area (Å²) in [7, 11) is 0. The lowest BCUT2D eigenvalue weighted by Crippen LogP contribution is -2.22. The van der Waals surface area contributed by atoms with E-state index in [2.05, 4.69) is 12.2 Å². The summed E-state index contributed by atoms with van der Waals surface area (Å²) in [6, 6.07) is 6.81. The molecule has 0 radical (unpaired) electrons. The van der Waals surface area contributed by atoms with E-state index in [1.165, 1.54) is 6.07 Å². The zero-order valence-electron chi connectivity index (χ0n) is 9.86. The first-order valence-corrected chi connectivity index (χ1v) is 6.39. The smallest absolute Gasteiger partial charge is 0.155 e. The van der Waals surface area contributed by atoms with Crippen LogP contribution in [0.15, 0.2) is 24.3 Å². The predicted octanol–water partition coefficient (Wildman–Crippen LogP) is 3.39. The van der Waals surface area contributed by atoms with Crippen molar-refractivity contribution in [3.05, 3.63) is 35.6 Å². The Morgan fingerprint density at radius 1 is 1.53 bits per heavy atom. The quantitative estimate of drug-likeness (QED) is 0.554. The molecule has 17 heavy (non-hydrogen) atoms. The second-order valence-corrected chi connectivity index (χ2v) is 4.10. The molecule has 5 heteroatoms. The Balaban J connectivity index is 2.38. The van der Waals surface area contributed by atoms with Crippen LogP contribution < -0.4 is 5.32 Å². The molecule has 0 fully saturated rings. The summed E-state index contributed by atoms with van der Waals surface area (Å²) in [4.78, 5) is 0. The molecular formula is C12H18FNO2S. The van der Waals surface area contributed by atoms with Crippen LogP contribution in [0.1, 0.15) is 31.4 Å². The lowest BCUT2D eigenvalue weighted by atomic mass is 10.0. The molecule has 0 aromatic heterocycles. The molecule has 1 aromatic carbocycles. The minimum Gasteiger partial charge on any atom is -0.310 e. The summed E-state index contributed by atoms with van der Waals surface area (Å²) in [6.07, 6.45) is 1.71. The highest BCUT2D eigenvalue weighted by molar-refractivity contribution is 7.88. The number of hydrogen-bond acceptors (Lipinski definition) is 4. The minimum absolute atomic E-state index is 0.160. The third-order valence-corrected chi connectivity index (χ3v) is 2.78. The van der Waals surface area contributed by atoms with Gasteiger partial charge in [-0.2, -0.15) is 0 Å². The van der Waals surface area contributed by atoms with Crippen LogP contribution in [0.3, 0.4) is 0 Å². The molecule has 0 aliphatic carbocycles. The summed E-state index contributed by atoms with van der Waals surface area (Å²) in [6.45, 7) is 3.33. The van der Waals surface area contributed by atoms with Crippen LogP contribution >= 0.6 is 12.3 Å². The second-order valence-electron chi connectivity index (χ2n) is 3.72. The Labute approximate surface area is 106 Å². The van der Waals surface area contributed by atoms with Gasteiger partial charge in [-0.3, -0.25) is 4.18 Å². The molecule has 0 amide bonds. The van der Waals surface area contributed by atoms with E-state index in [0.29, 0.717) is 18.9 Å². The van der Waals surface area contributed by atoms with Crippen molar-refractivity contribution in [3.63, 3.8) is 0 Å². The zero-order chi connectivity index (χ0) is 12.5. The third-order valence-electron chi connectivity index (χ3n) is 2.51. The van der Waals surface area contributed by atoms with Crippen LogP contribution in [0.5, 0.6) is 0 Å². The topological polar surface area (TPSA) is 41.5 Å². The van der Waals surface area contributed by atoms with Gasteiger partial charge in [0.05, 0.1) is 6.61 Å². The van der Waals surface area contributed by atoms with Gasteiger partial charge in [-0.25, -0.2) is 4.39 Å². The van der Waals surface area contributed by atoms with E-state index >= 15 is 0 Å². The van der Waals surface area contributed by atoms with Crippen LogP contribution in [0.4, 0.5) is 4.39 Å². The molecule has 0 heterocycles. The van der Waals surface area contributed by atoms with Crippen molar-refractivity contribution in [3.8, 4) is 0 Å². The fourth-order valence-corrected chi connectivity index (χ4v) is 1.86. The van der Waals surface area contributed by atoms with E-state index in [1.807, 2.05) is 6.07 Å². The van der Waals surface area contributed by atoms with Crippen LogP contribution in [-0.4, -0.2) is 17.7 Å². The van der Waals surface area contributed by atoms with Crippen molar-refractivity contribution in [1.29, 1.82) is 0 Å². The third kappa shape index (κ3) is 5.50. The van der Waals surface area contributed by atoms with E-state index in [1.54, 1.807) is 12.1 Å². The maximum Gasteiger partial charge on any atom is 0.155 e. The van der Waals surface area contributed by atoms with Gasteiger partial charge in [0.15, 0.2) is 12.3 Å². The highest BCUT2D eigenvalue weighted by atomic mass is 32.2. The van der Waals surface area contributed by atoms with E-state index in [0.717, 1.165) is 24.9 Å². The number of halogens is 1. The van der Waals surface area contributed by atoms with Gasteiger partial charge in [-0.05, 0) is 37.1 Å². The number of hydrogen-bond donors (Lipinski definition) is 2. The fraction of sp³-hybridized carbons (Fsp3) is 0.500. The molecule has 3 nitrogen and oxygen atoms in total. The summed E-state index contributed by atoms with van der Waals surface area (Å²) >= 11 is 0.387. The molecule has 1 rings (SSSR count). The van der Waals surface area contributed by atoms with Gasteiger partial charge in [-0.1, -0.05) is 19.1 Å². The molecule has 0 aliphatic rings. The largest absolute Gasteiger partial charge is 0.310 e. The molecule has 0 spiro atoms. The Morgan fingerprint density at radius 2 is 2.35 bits per heavy atom. The number of rotatable bonds is 8. The summed E-state index contributed by atoms with van der Waals surface area (Å²) in [5.74, 6) is -0.206. The monoisotopic (exact) mass is 259 g/mol. The van der Waals surface area contributed by atoms with Gasteiger partial charge in [-0.15, -0.1) is 0 Å². The molecule has 0 saturated heterocycles. The molecule has 96 valence electrons. The van der Waals surface area contributed by atoms with Gasteiger partial charge < -0.3 is 9.87 Å². The van der Waals surface area contributed by atoms with Crippen LogP contribution in [0, 0.1) is 5.82 Å². The number of nitrogens with one attached hydrogen (secondary N) is 1. The van der Waals surface area contributed by atoms with E-state index < -0.39 is 0 Å². The SMILES string of the molecule is CCC(NCCCOSO)c1cccc(F)c1. The highest BCUT2D eigenvalue weighted by Crippen LogP contribution is 2.17. The normalized spacial score (nSPS) is 12.6. The summed E-state index contributed by atoms with van der Waals surface area (Å²) in [5, 5.41) is 3.33. The van der Waals surface area contributed by atoms with E-state index in [4.69, 9.17) is 8.74 Å². The Kier molecular flexibility index (Phi) is 7.19. The van der Waals surface area contributed by atoms with Gasteiger partial charge >= 0.3 is 0 Å². The van der Waals surface area contributed by atoms with E-state index in [9.17, 15) is 4.39 Å². The van der Waals surface area contributed by atoms with Crippen LogP contribution in [0.25, 0.3) is 0 Å². The summed E-state index contributed by atoms with van der Waals surface area (Å²) in [5.41, 5.74) is 0.963. The molecule has 2 N–H and O–H groups in total. The standard InChI is InChI=1S/C12H18FNO2S/c1-2-12(14-7-4-8-16-17-15)10-5-3-6-11(13)9-10/h3,5-6,9,12,14-15H,2,4,7-8H2,1H3. The molecule has 1 unspecified atom stereocenters.